The second-order valence-corrected chi connectivity index (χ2v) is 6.65. The Balaban J connectivity index is 2.08. The first-order chi connectivity index (χ1) is 9.85. The Bertz CT molecular complexity index is 733. The number of hydrogen-bond donors (Lipinski definition) is 1. The van der Waals surface area contributed by atoms with Gasteiger partial charge in [-0.1, -0.05) is 16.3 Å². The van der Waals surface area contributed by atoms with Crippen LogP contribution < -0.4 is 4.68 Å². The van der Waals surface area contributed by atoms with E-state index < -0.39 is 10.1 Å². The van der Waals surface area contributed by atoms with Gasteiger partial charge in [0.2, 0.25) is 0 Å². The quantitative estimate of drug-likeness (QED) is 0.666. The molecule has 21 heavy (non-hydrogen) atoms. The lowest BCUT2D eigenvalue weighted by Crippen LogP contribution is -2.38. The number of aryl methyl sites for hydroxylation is 2. The maximum atomic E-state index is 10.6. The van der Waals surface area contributed by atoms with Crippen LogP contribution in [0.15, 0.2) is 30.7 Å². The lowest BCUT2D eigenvalue weighted by molar-refractivity contribution is -0.753. The molecule has 112 valence electrons. The van der Waals surface area contributed by atoms with Crippen molar-refractivity contribution in [3.8, 4) is 11.3 Å². The minimum absolute atomic E-state index is 0.277. The molecule has 0 aromatic carbocycles. The number of rotatable bonds is 5. The topological polar surface area (TPSA) is 84.0 Å². The summed E-state index contributed by atoms with van der Waals surface area (Å²) in [6.07, 6.45) is 5.29. The molecule has 0 amide bonds. The molecule has 0 fully saturated rings. The normalized spacial score (nSPS) is 11.6. The molecule has 2 heterocycles. The van der Waals surface area contributed by atoms with Crippen LogP contribution in [0.4, 0.5) is 0 Å². The van der Waals surface area contributed by atoms with Crippen LogP contribution >= 0.6 is 11.6 Å². The van der Waals surface area contributed by atoms with Crippen molar-refractivity contribution >= 4 is 21.7 Å². The minimum Gasteiger partial charge on any atom is -0.286 e. The van der Waals surface area contributed by atoms with Crippen LogP contribution in [-0.2, 0) is 16.7 Å². The van der Waals surface area contributed by atoms with E-state index in [9.17, 15) is 8.42 Å². The average Bonchev–Trinajstić information content (AvgIpc) is 2.38. The Morgan fingerprint density at radius 1 is 1.38 bits per heavy atom. The zero-order valence-corrected chi connectivity index (χ0v) is 13.0. The lowest BCUT2D eigenvalue weighted by atomic mass is 10.1. The number of hydrogen-bond acceptors (Lipinski definition) is 4. The van der Waals surface area contributed by atoms with Crippen LogP contribution in [-0.4, -0.2) is 28.8 Å². The first-order valence-electron chi connectivity index (χ1n) is 6.28. The Hall–Kier alpha value is -1.57. The number of halogens is 1. The van der Waals surface area contributed by atoms with E-state index in [2.05, 4.69) is 10.1 Å². The van der Waals surface area contributed by atoms with Gasteiger partial charge in [-0.3, -0.25) is 9.54 Å². The van der Waals surface area contributed by atoms with Crippen LogP contribution in [0.25, 0.3) is 11.3 Å². The largest absolute Gasteiger partial charge is 0.286 e. The summed E-state index contributed by atoms with van der Waals surface area (Å²) in [4.78, 5) is 4.28. The second-order valence-electron chi connectivity index (χ2n) is 4.64. The van der Waals surface area contributed by atoms with Crippen molar-refractivity contribution in [2.75, 3.05) is 5.75 Å². The van der Waals surface area contributed by atoms with Gasteiger partial charge in [-0.2, -0.15) is 8.42 Å². The molecule has 0 atom stereocenters. The van der Waals surface area contributed by atoms with Crippen molar-refractivity contribution in [3.63, 3.8) is 0 Å². The van der Waals surface area contributed by atoms with Crippen molar-refractivity contribution in [2.45, 2.75) is 19.9 Å². The molecule has 0 spiro atoms. The Morgan fingerprint density at radius 2 is 2.14 bits per heavy atom. The van der Waals surface area contributed by atoms with Crippen molar-refractivity contribution in [1.29, 1.82) is 0 Å². The summed E-state index contributed by atoms with van der Waals surface area (Å²) >= 11 is 5.87. The van der Waals surface area contributed by atoms with Gasteiger partial charge in [0.1, 0.15) is 6.20 Å². The van der Waals surface area contributed by atoms with E-state index in [4.69, 9.17) is 16.2 Å². The van der Waals surface area contributed by atoms with E-state index in [1.54, 1.807) is 23.3 Å². The maximum absolute atomic E-state index is 10.6. The third kappa shape index (κ3) is 4.73. The third-order valence-corrected chi connectivity index (χ3v) is 3.89. The van der Waals surface area contributed by atoms with Gasteiger partial charge in [0.25, 0.3) is 10.1 Å². The smallest absolute Gasteiger partial charge is 0.265 e. The van der Waals surface area contributed by atoms with Crippen molar-refractivity contribution in [3.05, 3.63) is 41.3 Å². The SMILES string of the molecule is Cc1cc(Cl)cnc1-c1cc[n+](CCCS(=O)(=O)O)nc1. The fraction of sp³-hybridized carbons (Fsp3) is 0.308. The molecule has 2 aromatic rings. The van der Waals surface area contributed by atoms with Gasteiger partial charge in [0.15, 0.2) is 12.7 Å². The number of nitrogens with zero attached hydrogens (tertiary/aromatic N) is 3. The minimum atomic E-state index is -3.92. The van der Waals surface area contributed by atoms with Crippen molar-refractivity contribution in [2.24, 2.45) is 0 Å². The molecule has 1 N–H and O–H groups in total. The predicted molar refractivity (Wildman–Crippen MR) is 78.4 cm³/mol. The molecule has 6 nitrogen and oxygen atoms in total. The summed E-state index contributed by atoms with van der Waals surface area (Å²) in [5, 5.41) is 4.79. The van der Waals surface area contributed by atoms with Gasteiger partial charge in [0, 0.05) is 24.2 Å². The molecular formula is C13H15ClN3O3S+. The molecule has 2 aromatic heterocycles. The highest BCUT2D eigenvalue weighted by molar-refractivity contribution is 7.85. The summed E-state index contributed by atoms with van der Waals surface area (Å²) in [6, 6.07) is 3.68. The molecule has 0 aliphatic heterocycles. The van der Waals surface area contributed by atoms with Gasteiger partial charge >= 0.3 is 0 Å². The molecule has 0 aliphatic rings. The fourth-order valence-electron chi connectivity index (χ4n) is 1.91. The fourth-order valence-corrected chi connectivity index (χ4v) is 2.61. The van der Waals surface area contributed by atoms with Crippen LogP contribution in [0.3, 0.4) is 0 Å². The van der Waals surface area contributed by atoms with Gasteiger partial charge in [-0.15, -0.1) is 0 Å². The van der Waals surface area contributed by atoms with Crippen LogP contribution in [0.1, 0.15) is 12.0 Å². The molecule has 0 unspecified atom stereocenters. The van der Waals surface area contributed by atoms with Crippen LogP contribution in [0, 0.1) is 6.92 Å². The van der Waals surface area contributed by atoms with E-state index in [1.165, 1.54) is 0 Å². The summed E-state index contributed by atoms with van der Waals surface area (Å²) in [7, 11) is -3.92. The lowest BCUT2D eigenvalue weighted by Gasteiger charge is -2.03. The number of pyridine rings is 1. The van der Waals surface area contributed by atoms with Gasteiger partial charge in [-0.05, 0) is 23.7 Å². The summed E-state index contributed by atoms with van der Waals surface area (Å²) < 4.78 is 31.5. The second kappa shape index (κ2) is 6.46. The maximum Gasteiger partial charge on any atom is 0.265 e. The molecule has 0 saturated heterocycles. The van der Waals surface area contributed by atoms with Crippen molar-refractivity contribution < 1.29 is 17.7 Å². The van der Waals surface area contributed by atoms with E-state index in [1.807, 2.05) is 19.1 Å². The molecule has 0 radical (unpaired) electrons. The highest BCUT2D eigenvalue weighted by Gasteiger charge is 2.10. The van der Waals surface area contributed by atoms with E-state index in [0.717, 1.165) is 16.8 Å². The Kier molecular flexibility index (Phi) is 4.87. The standard InChI is InChI=1S/C13H14ClN3O3S/c1-10-7-12(14)9-15-13(10)11-3-5-17(16-8-11)4-2-6-21(18,19)20/h3,5,7-9H,2,4,6H2,1H3/p+1. The molecule has 0 aliphatic carbocycles. The summed E-state index contributed by atoms with van der Waals surface area (Å²) in [5.41, 5.74) is 2.61. The molecular weight excluding hydrogens is 314 g/mol. The monoisotopic (exact) mass is 328 g/mol. The highest BCUT2D eigenvalue weighted by Crippen LogP contribution is 2.21. The molecule has 0 saturated carbocycles. The molecule has 0 bridgehead atoms. The van der Waals surface area contributed by atoms with E-state index >= 15 is 0 Å². The highest BCUT2D eigenvalue weighted by atomic mass is 35.5. The Labute approximate surface area is 128 Å². The average molecular weight is 329 g/mol. The zero-order valence-electron chi connectivity index (χ0n) is 11.4. The number of aromatic nitrogens is 3. The molecule has 2 rings (SSSR count). The molecule has 8 heteroatoms. The van der Waals surface area contributed by atoms with Gasteiger partial charge in [0.05, 0.1) is 16.5 Å². The van der Waals surface area contributed by atoms with Crippen LogP contribution in [0.5, 0.6) is 0 Å². The summed E-state index contributed by atoms with van der Waals surface area (Å²) in [5.74, 6) is -0.277. The first kappa shape index (κ1) is 15.8. The third-order valence-electron chi connectivity index (χ3n) is 2.88. The van der Waals surface area contributed by atoms with Crippen LogP contribution in [0.2, 0.25) is 5.02 Å². The summed E-state index contributed by atoms with van der Waals surface area (Å²) in [6.45, 7) is 2.33. The Morgan fingerprint density at radius 3 is 2.71 bits per heavy atom. The van der Waals surface area contributed by atoms with E-state index in [0.29, 0.717) is 18.0 Å². The van der Waals surface area contributed by atoms with Gasteiger partial charge < -0.3 is 0 Å². The first-order valence-corrected chi connectivity index (χ1v) is 8.27. The zero-order chi connectivity index (χ0) is 15.5. The van der Waals surface area contributed by atoms with Gasteiger partial charge in [-0.25, -0.2) is 0 Å². The predicted octanol–water partition coefficient (Wildman–Crippen LogP) is 1.67. The van der Waals surface area contributed by atoms with Crippen molar-refractivity contribution in [1.82, 2.24) is 10.1 Å². The van der Waals surface area contributed by atoms with E-state index in [-0.39, 0.29) is 5.75 Å².